The van der Waals surface area contributed by atoms with Crippen molar-refractivity contribution in [3.8, 4) is 0 Å². The van der Waals surface area contributed by atoms with E-state index < -0.39 is 30.2 Å². The Balaban J connectivity index is 1.52. The second-order valence-electron chi connectivity index (χ2n) is 6.77. The van der Waals surface area contributed by atoms with Crippen LogP contribution >= 0.6 is 0 Å². The highest BCUT2D eigenvalue weighted by molar-refractivity contribution is 6.00. The third-order valence-corrected chi connectivity index (χ3v) is 4.41. The van der Waals surface area contributed by atoms with E-state index in [1.807, 2.05) is 0 Å². The van der Waals surface area contributed by atoms with Crippen LogP contribution in [0.5, 0.6) is 0 Å². The Labute approximate surface area is 172 Å². The molecule has 1 fully saturated rings. The lowest BCUT2D eigenvalue weighted by Crippen LogP contribution is -2.28. The number of carbonyl (C=O) groups excluding carboxylic acids is 4. The SMILES string of the molecule is CC(=O)Nc1cccc(NC(=O)COC(=O)[C@H]2CC(=O)N(c3ccccc3F)C2)c1. The Morgan fingerprint density at radius 2 is 1.80 bits per heavy atom. The molecular weight excluding hydrogens is 393 g/mol. The van der Waals surface area contributed by atoms with Crippen molar-refractivity contribution in [2.75, 3.05) is 28.7 Å². The normalized spacial score (nSPS) is 15.6. The largest absolute Gasteiger partial charge is 0.455 e. The van der Waals surface area contributed by atoms with Gasteiger partial charge in [0.2, 0.25) is 11.8 Å². The number of esters is 1. The van der Waals surface area contributed by atoms with Gasteiger partial charge in [0.25, 0.3) is 5.91 Å². The molecule has 3 amide bonds. The number of nitrogens with one attached hydrogen (secondary N) is 2. The number of nitrogens with zero attached hydrogens (tertiary/aromatic N) is 1. The molecule has 0 radical (unpaired) electrons. The van der Waals surface area contributed by atoms with Crippen LogP contribution in [0.1, 0.15) is 13.3 Å². The smallest absolute Gasteiger partial charge is 0.311 e. The number of hydrogen-bond acceptors (Lipinski definition) is 5. The summed E-state index contributed by atoms with van der Waals surface area (Å²) >= 11 is 0. The van der Waals surface area contributed by atoms with Crippen molar-refractivity contribution in [3.63, 3.8) is 0 Å². The van der Waals surface area contributed by atoms with Crippen molar-refractivity contribution in [1.82, 2.24) is 0 Å². The second-order valence-corrected chi connectivity index (χ2v) is 6.77. The van der Waals surface area contributed by atoms with E-state index in [2.05, 4.69) is 10.6 Å². The molecule has 1 atom stereocenters. The summed E-state index contributed by atoms with van der Waals surface area (Å²) in [5.41, 5.74) is 1.04. The third-order valence-electron chi connectivity index (χ3n) is 4.41. The van der Waals surface area contributed by atoms with Gasteiger partial charge < -0.3 is 20.3 Å². The van der Waals surface area contributed by atoms with Gasteiger partial charge in [0, 0.05) is 31.3 Å². The van der Waals surface area contributed by atoms with E-state index in [0.29, 0.717) is 11.4 Å². The minimum absolute atomic E-state index is 0.0149. The molecule has 1 aliphatic heterocycles. The maximum Gasteiger partial charge on any atom is 0.311 e. The minimum Gasteiger partial charge on any atom is -0.455 e. The predicted molar refractivity (Wildman–Crippen MR) is 107 cm³/mol. The summed E-state index contributed by atoms with van der Waals surface area (Å²) in [7, 11) is 0. The Morgan fingerprint density at radius 3 is 2.50 bits per heavy atom. The number of para-hydroxylation sites is 1. The molecule has 0 aromatic heterocycles. The van der Waals surface area contributed by atoms with E-state index in [1.165, 1.54) is 30.0 Å². The van der Waals surface area contributed by atoms with Gasteiger partial charge in [-0.15, -0.1) is 0 Å². The number of rotatable bonds is 6. The summed E-state index contributed by atoms with van der Waals surface area (Å²) in [4.78, 5) is 48.8. The number of carbonyl (C=O) groups is 4. The molecule has 1 saturated heterocycles. The molecule has 0 aliphatic carbocycles. The average molecular weight is 413 g/mol. The Hall–Kier alpha value is -3.75. The summed E-state index contributed by atoms with van der Waals surface area (Å²) in [5.74, 6) is -3.25. The summed E-state index contributed by atoms with van der Waals surface area (Å²) in [6, 6.07) is 12.3. The first-order valence-corrected chi connectivity index (χ1v) is 9.22. The molecule has 2 aromatic rings. The van der Waals surface area contributed by atoms with E-state index >= 15 is 0 Å². The molecule has 156 valence electrons. The zero-order chi connectivity index (χ0) is 21.7. The van der Waals surface area contributed by atoms with Crippen LogP contribution in [-0.4, -0.2) is 36.8 Å². The minimum atomic E-state index is -0.784. The van der Waals surface area contributed by atoms with Gasteiger partial charge in [0.05, 0.1) is 11.6 Å². The first-order valence-electron chi connectivity index (χ1n) is 9.22. The molecule has 0 bridgehead atoms. The first-order chi connectivity index (χ1) is 14.3. The van der Waals surface area contributed by atoms with Gasteiger partial charge in [-0.1, -0.05) is 18.2 Å². The Kier molecular flexibility index (Phi) is 6.41. The third kappa shape index (κ3) is 5.19. The van der Waals surface area contributed by atoms with Crippen LogP contribution in [-0.2, 0) is 23.9 Å². The first kappa shape index (κ1) is 21.0. The van der Waals surface area contributed by atoms with Crippen LogP contribution < -0.4 is 15.5 Å². The van der Waals surface area contributed by atoms with Crippen molar-refractivity contribution < 1.29 is 28.3 Å². The van der Waals surface area contributed by atoms with E-state index in [0.717, 1.165) is 0 Å². The molecule has 9 heteroatoms. The van der Waals surface area contributed by atoms with Crippen LogP contribution in [0, 0.1) is 11.7 Å². The molecule has 0 spiro atoms. The molecule has 8 nitrogen and oxygen atoms in total. The maximum atomic E-state index is 13.9. The van der Waals surface area contributed by atoms with Gasteiger partial charge in [-0.2, -0.15) is 0 Å². The molecule has 0 saturated carbocycles. The van der Waals surface area contributed by atoms with Crippen molar-refractivity contribution in [1.29, 1.82) is 0 Å². The number of halogens is 1. The van der Waals surface area contributed by atoms with E-state index in [9.17, 15) is 23.6 Å². The summed E-state index contributed by atoms with van der Waals surface area (Å²) in [6.45, 7) is 0.818. The van der Waals surface area contributed by atoms with Crippen molar-refractivity contribution in [2.45, 2.75) is 13.3 Å². The number of ether oxygens (including phenoxy) is 1. The van der Waals surface area contributed by atoms with Crippen molar-refractivity contribution in [2.24, 2.45) is 5.92 Å². The summed E-state index contributed by atoms with van der Waals surface area (Å²) in [6.07, 6.45) is -0.118. The number of benzene rings is 2. The fourth-order valence-corrected chi connectivity index (χ4v) is 3.10. The molecule has 3 rings (SSSR count). The lowest BCUT2D eigenvalue weighted by atomic mass is 10.1. The quantitative estimate of drug-likeness (QED) is 0.708. The van der Waals surface area contributed by atoms with Crippen LogP contribution in [0.4, 0.5) is 21.5 Å². The average Bonchev–Trinajstić information content (AvgIpc) is 3.08. The van der Waals surface area contributed by atoms with Gasteiger partial charge in [-0.25, -0.2) is 4.39 Å². The highest BCUT2D eigenvalue weighted by Gasteiger charge is 2.37. The molecule has 2 aromatic carbocycles. The molecule has 2 N–H and O–H groups in total. The van der Waals surface area contributed by atoms with Crippen molar-refractivity contribution >= 4 is 40.8 Å². The van der Waals surface area contributed by atoms with Crippen LogP contribution in [0.2, 0.25) is 0 Å². The number of amides is 3. The highest BCUT2D eigenvalue weighted by atomic mass is 19.1. The Morgan fingerprint density at radius 1 is 1.10 bits per heavy atom. The molecule has 1 aliphatic rings. The highest BCUT2D eigenvalue weighted by Crippen LogP contribution is 2.27. The lowest BCUT2D eigenvalue weighted by Gasteiger charge is -2.17. The van der Waals surface area contributed by atoms with E-state index in [-0.39, 0.29) is 30.5 Å². The van der Waals surface area contributed by atoms with Crippen LogP contribution in [0.25, 0.3) is 0 Å². The molecular formula is C21H20FN3O5. The van der Waals surface area contributed by atoms with Crippen LogP contribution in [0.3, 0.4) is 0 Å². The standard InChI is InChI=1S/C21H20FN3O5/c1-13(26)23-15-5-4-6-16(10-15)24-19(27)12-30-21(29)14-9-20(28)25(11-14)18-8-3-2-7-17(18)22/h2-8,10,14H,9,11-12H2,1H3,(H,23,26)(H,24,27)/t14-/m0/s1. The lowest BCUT2D eigenvalue weighted by molar-refractivity contribution is -0.151. The molecule has 30 heavy (non-hydrogen) atoms. The van der Waals surface area contributed by atoms with E-state index in [1.54, 1.807) is 30.3 Å². The Bertz CT molecular complexity index is 994. The van der Waals surface area contributed by atoms with Crippen LogP contribution in [0.15, 0.2) is 48.5 Å². The summed E-state index contributed by atoms with van der Waals surface area (Å²) < 4.78 is 18.9. The monoisotopic (exact) mass is 413 g/mol. The molecule has 0 unspecified atom stereocenters. The fraction of sp³-hybridized carbons (Fsp3) is 0.238. The number of anilines is 3. The van der Waals surface area contributed by atoms with Gasteiger partial charge >= 0.3 is 5.97 Å². The van der Waals surface area contributed by atoms with Gasteiger partial charge in [0.15, 0.2) is 6.61 Å². The maximum absolute atomic E-state index is 13.9. The zero-order valence-electron chi connectivity index (χ0n) is 16.2. The molecule has 1 heterocycles. The van der Waals surface area contributed by atoms with Crippen molar-refractivity contribution in [3.05, 3.63) is 54.3 Å². The zero-order valence-corrected chi connectivity index (χ0v) is 16.2. The predicted octanol–water partition coefficient (Wildman–Crippen LogP) is 2.32. The van der Waals surface area contributed by atoms with Gasteiger partial charge in [-0.3, -0.25) is 19.2 Å². The number of hydrogen-bond donors (Lipinski definition) is 2. The summed E-state index contributed by atoms with van der Waals surface area (Å²) in [5, 5.41) is 5.15. The van der Waals surface area contributed by atoms with Gasteiger partial charge in [-0.05, 0) is 30.3 Å². The van der Waals surface area contributed by atoms with Gasteiger partial charge in [0.1, 0.15) is 5.82 Å². The topological polar surface area (TPSA) is 105 Å². The van der Waals surface area contributed by atoms with E-state index in [4.69, 9.17) is 4.74 Å². The fourth-order valence-electron chi connectivity index (χ4n) is 3.10. The second kappa shape index (κ2) is 9.17.